The molecule has 2 heterocycles. The lowest BCUT2D eigenvalue weighted by atomic mass is 10.2. The minimum Gasteiger partial charge on any atom is -0.462 e. The Balaban J connectivity index is 2.31. The van der Waals surface area contributed by atoms with Gasteiger partial charge in [0.2, 0.25) is 0 Å². The number of carbonyl (C=O) groups excluding carboxylic acids is 1. The van der Waals surface area contributed by atoms with Crippen molar-refractivity contribution in [3.63, 3.8) is 0 Å². The number of anilines is 1. The van der Waals surface area contributed by atoms with Crippen LogP contribution in [-0.2, 0) is 4.74 Å². The lowest BCUT2D eigenvalue weighted by Crippen LogP contribution is -2.12. The van der Waals surface area contributed by atoms with Gasteiger partial charge in [0.25, 0.3) is 0 Å². The summed E-state index contributed by atoms with van der Waals surface area (Å²) in [7, 11) is 0. The van der Waals surface area contributed by atoms with Gasteiger partial charge in [-0.05, 0) is 31.9 Å². The van der Waals surface area contributed by atoms with Gasteiger partial charge in [0.15, 0.2) is 5.65 Å². The Labute approximate surface area is 140 Å². The first-order valence-corrected chi connectivity index (χ1v) is 8.31. The number of esters is 1. The number of aromatic nitrogens is 3. The fourth-order valence-corrected chi connectivity index (χ4v) is 2.78. The van der Waals surface area contributed by atoms with Crippen LogP contribution in [0.15, 0.2) is 24.3 Å². The Morgan fingerprint density at radius 3 is 2.54 bits per heavy atom. The zero-order valence-electron chi connectivity index (χ0n) is 14.2. The number of nitrogens with zero attached hydrogens (tertiary/aromatic N) is 3. The second-order valence-electron chi connectivity index (χ2n) is 5.91. The first kappa shape index (κ1) is 16.2. The van der Waals surface area contributed by atoms with E-state index in [9.17, 15) is 4.79 Å². The van der Waals surface area contributed by atoms with Crippen LogP contribution in [0.25, 0.3) is 22.2 Å². The molecule has 1 atom stereocenters. The SMILES string of the molecule is CCCOC(=O)c1c(N)n(C(C)CC)c2nc3ccccc3nc12. The largest absolute Gasteiger partial charge is 0.462 e. The fourth-order valence-electron chi connectivity index (χ4n) is 2.78. The summed E-state index contributed by atoms with van der Waals surface area (Å²) in [6.07, 6.45) is 1.62. The van der Waals surface area contributed by atoms with Crippen LogP contribution in [-0.4, -0.2) is 27.1 Å². The molecular weight excluding hydrogens is 304 g/mol. The molecule has 24 heavy (non-hydrogen) atoms. The molecule has 3 rings (SSSR count). The van der Waals surface area contributed by atoms with E-state index < -0.39 is 5.97 Å². The van der Waals surface area contributed by atoms with Crippen LogP contribution in [0.4, 0.5) is 5.82 Å². The van der Waals surface area contributed by atoms with E-state index in [1.54, 1.807) is 0 Å². The van der Waals surface area contributed by atoms with Crippen molar-refractivity contribution in [1.29, 1.82) is 0 Å². The van der Waals surface area contributed by atoms with Crippen LogP contribution in [0.2, 0.25) is 0 Å². The molecule has 0 bridgehead atoms. The first-order valence-electron chi connectivity index (χ1n) is 8.31. The third-order valence-electron chi connectivity index (χ3n) is 4.21. The van der Waals surface area contributed by atoms with E-state index in [1.807, 2.05) is 42.7 Å². The Bertz CT molecular complexity index is 901. The average Bonchev–Trinajstić information content (AvgIpc) is 2.88. The van der Waals surface area contributed by atoms with Gasteiger partial charge in [-0.3, -0.25) is 0 Å². The minimum atomic E-state index is -0.439. The molecule has 0 spiro atoms. The van der Waals surface area contributed by atoms with Crippen LogP contribution in [0.5, 0.6) is 0 Å². The van der Waals surface area contributed by atoms with Crippen molar-refractivity contribution in [3.8, 4) is 0 Å². The maximum Gasteiger partial charge on any atom is 0.344 e. The standard InChI is InChI=1S/C18H22N4O2/c1-4-10-24-18(23)14-15-17(22(16(14)19)11(3)5-2)21-13-9-7-6-8-12(13)20-15/h6-9,11H,4-5,10,19H2,1-3H3. The van der Waals surface area contributed by atoms with Crippen molar-refractivity contribution in [2.45, 2.75) is 39.7 Å². The molecule has 0 radical (unpaired) electrons. The van der Waals surface area contributed by atoms with Gasteiger partial charge in [0.05, 0.1) is 17.6 Å². The van der Waals surface area contributed by atoms with Gasteiger partial charge in [-0.25, -0.2) is 14.8 Å². The van der Waals surface area contributed by atoms with E-state index in [-0.39, 0.29) is 6.04 Å². The number of hydrogen-bond donors (Lipinski definition) is 1. The van der Waals surface area contributed by atoms with E-state index in [2.05, 4.69) is 11.9 Å². The molecule has 0 aliphatic carbocycles. The first-order chi connectivity index (χ1) is 11.6. The van der Waals surface area contributed by atoms with Crippen LogP contribution in [0, 0.1) is 0 Å². The molecule has 3 aromatic rings. The van der Waals surface area contributed by atoms with Crippen LogP contribution in [0.1, 0.15) is 50.0 Å². The predicted molar refractivity (Wildman–Crippen MR) is 95.0 cm³/mol. The van der Waals surface area contributed by atoms with E-state index in [0.29, 0.717) is 29.2 Å². The summed E-state index contributed by atoms with van der Waals surface area (Å²) < 4.78 is 7.19. The van der Waals surface area contributed by atoms with Crippen molar-refractivity contribution >= 4 is 34.0 Å². The highest BCUT2D eigenvalue weighted by molar-refractivity contribution is 6.08. The summed E-state index contributed by atoms with van der Waals surface area (Å²) in [6, 6.07) is 7.70. The second kappa shape index (κ2) is 6.47. The zero-order chi connectivity index (χ0) is 17.3. The third-order valence-corrected chi connectivity index (χ3v) is 4.21. The summed E-state index contributed by atoms with van der Waals surface area (Å²) in [5.41, 5.74) is 9.27. The topological polar surface area (TPSA) is 83.0 Å². The lowest BCUT2D eigenvalue weighted by molar-refractivity contribution is 0.0508. The molecule has 0 saturated heterocycles. The van der Waals surface area contributed by atoms with Gasteiger partial charge in [-0.1, -0.05) is 26.0 Å². The molecular formula is C18H22N4O2. The fraction of sp³-hybridized carbons (Fsp3) is 0.389. The monoisotopic (exact) mass is 326 g/mol. The Hall–Kier alpha value is -2.63. The highest BCUT2D eigenvalue weighted by Gasteiger charge is 2.26. The molecule has 0 fully saturated rings. The highest BCUT2D eigenvalue weighted by atomic mass is 16.5. The second-order valence-corrected chi connectivity index (χ2v) is 5.91. The molecule has 6 nitrogen and oxygen atoms in total. The summed E-state index contributed by atoms with van der Waals surface area (Å²) in [6.45, 7) is 6.43. The van der Waals surface area contributed by atoms with Crippen molar-refractivity contribution < 1.29 is 9.53 Å². The highest BCUT2D eigenvalue weighted by Crippen LogP contribution is 2.32. The number of para-hydroxylation sites is 2. The number of ether oxygens (including phenoxy) is 1. The molecule has 0 amide bonds. The van der Waals surface area contributed by atoms with Crippen molar-refractivity contribution in [3.05, 3.63) is 29.8 Å². The summed E-state index contributed by atoms with van der Waals surface area (Å²) >= 11 is 0. The Kier molecular flexibility index (Phi) is 4.38. The third kappa shape index (κ3) is 2.58. The van der Waals surface area contributed by atoms with Gasteiger partial charge in [-0.15, -0.1) is 0 Å². The van der Waals surface area contributed by atoms with E-state index in [4.69, 9.17) is 15.5 Å². The van der Waals surface area contributed by atoms with Gasteiger partial charge in [0.1, 0.15) is 16.9 Å². The number of fused-ring (bicyclic) bond motifs is 2. The Morgan fingerprint density at radius 2 is 1.92 bits per heavy atom. The summed E-state index contributed by atoms with van der Waals surface area (Å²) in [4.78, 5) is 21.9. The van der Waals surface area contributed by atoms with E-state index in [1.165, 1.54) is 0 Å². The van der Waals surface area contributed by atoms with Gasteiger partial charge < -0.3 is 15.0 Å². The smallest absolute Gasteiger partial charge is 0.344 e. The number of hydrogen-bond acceptors (Lipinski definition) is 5. The molecule has 0 aliphatic rings. The molecule has 0 saturated carbocycles. The quantitative estimate of drug-likeness (QED) is 0.723. The maximum atomic E-state index is 12.5. The van der Waals surface area contributed by atoms with Crippen LogP contribution < -0.4 is 5.73 Å². The zero-order valence-corrected chi connectivity index (χ0v) is 14.2. The summed E-state index contributed by atoms with van der Waals surface area (Å²) in [5.74, 6) is -0.0678. The molecule has 0 aliphatic heterocycles. The number of nitrogens with two attached hydrogens (primary N) is 1. The molecule has 1 unspecified atom stereocenters. The number of benzene rings is 1. The van der Waals surface area contributed by atoms with Gasteiger partial charge in [-0.2, -0.15) is 0 Å². The van der Waals surface area contributed by atoms with E-state index in [0.717, 1.165) is 23.9 Å². The number of carbonyl (C=O) groups is 1. The molecule has 1 aromatic carbocycles. The van der Waals surface area contributed by atoms with Crippen molar-refractivity contribution in [1.82, 2.24) is 14.5 Å². The number of rotatable bonds is 5. The van der Waals surface area contributed by atoms with Gasteiger partial charge in [0, 0.05) is 6.04 Å². The van der Waals surface area contributed by atoms with Crippen LogP contribution >= 0.6 is 0 Å². The number of nitrogen functional groups attached to an aromatic ring is 1. The molecule has 2 N–H and O–H groups in total. The minimum absolute atomic E-state index is 0.107. The Morgan fingerprint density at radius 1 is 1.25 bits per heavy atom. The molecule has 126 valence electrons. The normalized spacial score (nSPS) is 12.6. The predicted octanol–water partition coefficient (Wildman–Crippen LogP) is 3.70. The summed E-state index contributed by atoms with van der Waals surface area (Å²) in [5, 5.41) is 0. The van der Waals surface area contributed by atoms with Crippen molar-refractivity contribution in [2.75, 3.05) is 12.3 Å². The van der Waals surface area contributed by atoms with Crippen LogP contribution in [0.3, 0.4) is 0 Å². The maximum absolute atomic E-state index is 12.5. The van der Waals surface area contributed by atoms with Gasteiger partial charge >= 0.3 is 5.97 Å². The molecule has 6 heteroatoms. The molecule has 2 aromatic heterocycles. The lowest BCUT2D eigenvalue weighted by Gasteiger charge is -2.14. The average molecular weight is 326 g/mol. The van der Waals surface area contributed by atoms with E-state index >= 15 is 0 Å². The van der Waals surface area contributed by atoms with Crippen molar-refractivity contribution in [2.24, 2.45) is 0 Å².